The fraction of sp³-hybridized carbons (Fsp3) is 0.200. The normalized spacial score (nSPS) is 12.1. The molecule has 0 aliphatic rings. The van der Waals surface area contributed by atoms with Gasteiger partial charge in [-0.25, -0.2) is 0 Å². The lowest BCUT2D eigenvalue weighted by Crippen LogP contribution is -2.09. The maximum Gasteiger partial charge on any atom is 0.117 e. The maximum absolute atomic E-state index is 9.43. The molecule has 1 unspecified atom stereocenters. The molecule has 0 aliphatic heterocycles. The van der Waals surface area contributed by atoms with Gasteiger partial charge in [0.25, 0.3) is 0 Å². The molecule has 0 saturated carbocycles. The first kappa shape index (κ1) is 12.3. The van der Waals surface area contributed by atoms with Crippen molar-refractivity contribution in [3.8, 4) is 11.5 Å². The molecule has 0 heterocycles. The zero-order valence-electron chi connectivity index (χ0n) is 10.3. The standard InChI is InChI=1S/C15H17NO2/c1-2-15(11-6-8-13(17)9-7-11)16-12-4-3-5-14(18)10-12/h3-10,15-18H,2H2,1H3. The first-order valence-electron chi connectivity index (χ1n) is 6.03. The molecule has 0 saturated heterocycles. The summed E-state index contributed by atoms with van der Waals surface area (Å²) in [5.74, 6) is 0.520. The van der Waals surface area contributed by atoms with Gasteiger partial charge in [-0.15, -0.1) is 0 Å². The molecule has 0 radical (unpaired) electrons. The van der Waals surface area contributed by atoms with E-state index in [2.05, 4.69) is 12.2 Å². The third-order valence-electron chi connectivity index (χ3n) is 2.89. The Hall–Kier alpha value is -2.16. The maximum atomic E-state index is 9.43. The van der Waals surface area contributed by atoms with Gasteiger partial charge in [0.15, 0.2) is 0 Å². The highest BCUT2D eigenvalue weighted by atomic mass is 16.3. The minimum atomic E-state index is 0.160. The smallest absolute Gasteiger partial charge is 0.117 e. The molecule has 0 aromatic heterocycles. The Balaban J connectivity index is 2.17. The number of aromatic hydroxyl groups is 2. The lowest BCUT2D eigenvalue weighted by molar-refractivity contribution is 0.475. The van der Waals surface area contributed by atoms with Crippen molar-refractivity contribution in [2.75, 3.05) is 5.32 Å². The highest BCUT2D eigenvalue weighted by Gasteiger charge is 2.09. The number of benzene rings is 2. The van der Waals surface area contributed by atoms with Crippen LogP contribution in [0.2, 0.25) is 0 Å². The topological polar surface area (TPSA) is 52.5 Å². The summed E-state index contributed by atoms with van der Waals surface area (Å²) in [6, 6.07) is 14.4. The Kier molecular flexibility index (Phi) is 3.72. The predicted molar refractivity (Wildman–Crippen MR) is 72.9 cm³/mol. The van der Waals surface area contributed by atoms with Crippen molar-refractivity contribution in [2.45, 2.75) is 19.4 Å². The van der Waals surface area contributed by atoms with Crippen molar-refractivity contribution < 1.29 is 10.2 Å². The van der Waals surface area contributed by atoms with Gasteiger partial charge in [-0.2, -0.15) is 0 Å². The zero-order chi connectivity index (χ0) is 13.0. The molecule has 0 aliphatic carbocycles. The van der Waals surface area contributed by atoms with Crippen molar-refractivity contribution in [3.05, 3.63) is 54.1 Å². The summed E-state index contributed by atoms with van der Waals surface area (Å²) in [5.41, 5.74) is 1.99. The van der Waals surface area contributed by atoms with Gasteiger partial charge in [-0.1, -0.05) is 25.1 Å². The zero-order valence-corrected chi connectivity index (χ0v) is 10.3. The lowest BCUT2D eigenvalue weighted by Gasteiger charge is -2.19. The fourth-order valence-electron chi connectivity index (χ4n) is 1.92. The first-order valence-corrected chi connectivity index (χ1v) is 6.03. The number of phenolic OH excluding ortho intramolecular Hbond substituents is 2. The monoisotopic (exact) mass is 243 g/mol. The molecule has 0 amide bonds. The second kappa shape index (κ2) is 5.45. The van der Waals surface area contributed by atoms with Crippen molar-refractivity contribution in [3.63, 3.8) is 0 Å². The van der Waals surface area contributed by atoms with Gasteiger partial charge >= 0.3 is 0 Å². The molecule has 0 spiro atoms. The molecule has 3 heteroatoms. The Bertz CT molecular complexity index is 508. The number of hydrogen-bond acceptors (Lipinski definition) is 3. The number of hydrogen-bond donors (Lipinski definition) is 3. The van der Waals surface area contributed by atoms with Crippen LogP contribution in [-0.2, 0) is 0 Å². The molecule has 0 fully saturated rings. The van der Waals surface area contributed by atoms with Crippen molar-refractivity contribution in [2.24, 2.45) is 0 Å². The van der Waals surface area contributed by atoms with Crippen LogP contribution in [0.15, 0.2) is 48.5 Å². The van der Waals surface area contributed by atoms with E-state index in [4.69, 9.17) is 0 Å². The molecule has 3 nitrogen and oxygen atoms in total. The van der Waals surface area contributed by atoms with Gasteiger partial charge in [-0.05, 0) is 36.2 Å². The summed E-state index contributed by atoms with van der Waals surface area (Å²) >= 11 is 0. The first-order chi connectivity index (χ1) is 8.69. The van der Waals surface area contributed by atoms with Crippen molar-refractivity contribution in [1.29, 1.82) is 0 Å². The van der Waals surface area contributed by atoms with Gasteiger partial charge in [0, 0.05) is 11.8 Å². The molecule has 2 rings (SSSR count). The third kappa shape index (κ3) is 2.94. The minimum Gasteiger partial charge on any atom is -0.508 e. The van der Waals surface area contributed by atoms with Gasteiger partial charge in [0.05, 0.1) is 6.04 Å². The Morgan fingerprint density at radius 2 is 1.72 bits per heavy atom. The SMILES string of the molecule is CCC(Nc1cccc(O)c1)c1ccc(O)cc1. The van der Waals surface area contributed by atoms with Crippen LogP contribution in [0.5, 0.6) is 11.5 Å². The second-order valence-electron chi connectivity index (χ2n) is 4.25. The van der Waals surface area contributed by atoms with Crippen molar-refractivity contribution in [1.82, 2.24) is 0 Å². The molecular weight excluding hydrogens is 226 g/mol. The molecule has 3 N–H and O–H groups in total. The fourth-order valence-corrected chi connectivity index (χ4v) is 1.92. The predicted octanol–water partition coefficient (Wildman–Crippen LogP) is 3.66. The van der Waals surface area contributed by atoms with E-state index >= 15 is 0 Å². The van der Waals surface area contributed by atoms with E-state index in [0.29, 0.717) is 0 Å². The van der Waals surface area contributed by atoms with E-state index in [1.54, 1.807) is 30.3 Å². The summed E-state index contributed by atoms with van der Waals surface area (Å²) in [4.78, 5) is 0. The number of anilines is 1. The highest BCUT2D eigenvalue weighted by Crippen LogP contribution is 2.25. The van der Waals surface area contributed by atoms with Gasteiger partial charge in [0.1, 0.15) is 11.5 Å². The average molecular weight is 243 g/mol. The summed E-state index contributed by atoms with van der Waals surface area (Å²) in [5, 5.41) is 22.1. The Labute approximate surface area is 107 Å². The molecule has 18 heavy (non-hydrogen) atoms. The average Bonchev–Trinajstić information content (AvgIpc) is 2.37. The van der Waals surface area contributed by atoms with Crippen molar-refractivity contribution >= 4 is 5.69 Å². The Morgan fingerprint density at radius 1 is 1.00 bits per heavy atom. The van der Waals surface area contributed by atoms with E-state index in [-0.39, 0.29) is 17.5 Å². The summed E-state index contributed by atoms with van der Waals surface area (Å²) in [6.45, 7) is 2.09. The number of nitrogens with one attached hydrogen (secondary N) is 1. The van der Waals surface area contributed by atoms with E-state index in [9.17, 15) is 10.2 Å². The van der Waals surface area contributed by atoms with Crippen LogP contribution in [0, 0.1) is 0 Å². The van der Waals surface area contributed by atoms with E-state index in [1.165, 1.54) is 0 Å². The van der Waals surface area contributed by atoms with E-state index < -0.39 is 0 Å². The van der Waals surface area contributed by atoms with Crippen LogP contribution in [0.1, 0.15) is 24.9 Å². The van der Waals surface area contributed by atoms with E-state index in [0.717, 1.165) is 17.7 Å². The van der Waals surface area contributed by atoms with Crippen LogP contribution >= 0.6 is 0 Å². The van der Waals surface area contributed by atoms with Gasteiger partial charge in [-0.3, -0.25) is 0 Å². The minimum absolute atomic E-state index is 0.160. The van der Waals surface area contributed by atoms with Crippen LogP contribution in [0.25, 0.3) is 0 Å². The Morgan fingerprint density at radius 3 is 2.33 bits per heavy atom. The second-order valence-corrected chi connectivity index (χ2v) is 4.25. The molecular formula is C15H17NO2. The van der Waals surface area contributed by atoms with Crippen LogP contribution in [0.3, 0.4) is 0 Å². The van der Waals surface area contributed by atoms with Crippen LogP contribution in [0.4, 0.5) is 5.69 Å². The lowest BCUT2D eigenvalue weighted by atomic mass is 10.0. The quantitative estimate of drug-likeness (QED) is 0.768. The number of phenols is 2. The molecule has 0 bridgehead atoms. The van der Waals surface area contributed by atoms with Gasteiger partial charge < -0.3 is 15.5 Å². The summed E-state index contributed by atoms with van der Waals surface area (Å²) in [7, 11) is 0. The molecule has 94 valence electrons. The van der Waals surface area contributed by atoms with Gasteiger partial charge in [0.2, 0.25) is 0 Å². The summed E-state index contributed by atoms with van der Waals surface area (Å²) in [6.07, 6.45) is 0.917. The third-order valence-corrected chi connectivity index (χ3v) is 2.89. The van der Waals surface area contributed by atoms with Crippen LogP contribution in [-0.4, -0.2) is 10.2 Å². The highest BCUT2D eigenvalue weighted by molar-refractivity contribution is 5.49. The summed E-state index contributed by atoms with van der Waals surface area (Å²) < 4.78 is 0. The molecule has 2 aromatic rings. The molecule has 1 atom stereocenters. The van der Waals surface area contributed by atoms with E-state index in [1.807, 2.05) is 18.2 Å². The number of rotatable bonds is 4. The largest absolute Gasteiger partial charge is 0.508 e. The molecule has 2 aromatic carbocycles. The van der Waals surface area contributed by atoms with Crippen LogP contribution < -0.4 is 5.32 Å².